The van der Waals surface area contributed by atoms with E-state index >= 15 is 0 Å². The summed E-state index contributed by atoms with van der Waals surface area (Å²) < 4.78 is 0. The van der Waals surface area contributed by atoms with Gasteiger partial charge in [-0.3, -0.25) is 0 Å². The Kier molecular flexibility index (Phi) is 4.11. The highest BCUT2D eigenvalue weighted by Crippen LogP contribution is 2.19. The fourth-order valence-corrected chi connectivity index (χ4v) is 1.53. The zero-order valence-electron chi connectivity index (χ0n) is 9.25. The van der Waals surface area contributed by atoms with E-state index in [2.05, 4.69) is 11.9 Å². The van der Waals surface area contributed by atoms with Gasteiger partial charge in [-0.1, -0.05) is 19.8 Å². The molecule has 0 spiro atoms. The Hall–Kier alpha value is -1.56. The lowest BCUT2D eigenvalue weighted by Crippen LogP contribution is -1.95. The summed E-state index contributed by atoms with van der Waals surface area (Å²) in [5.41, 5.74) is 2.16. The van der Waals surface area contributed by atoms with Crippen LogP contribution in [0.2, 0.25) is 0 Å². The molecule has 3 heteroatoms. The van der Waals surface area contributed by atoms with E-state index in [9.17, 15) is 5.11 Å². The molecule has 0 aliphatic rings. The Bertz CT molecular complexity index is 380. The number of hydrogen-bond acceptors (Lipinski definition) is 3. The number of nitriles is 1. The monoisotopic (exact) mass is 204 g/mol. The van der Waals surface area contributed by atoms with Crippen LogP contribution in [-0.4, -0.2) is 10.1 Å². The number of nitrogens with zero attached hydrogens (tertiary/aromatic N) is 2. The molecular formula is C12H16N2O. The Labute approximate surface area is 90.4 Å². The Morgan fingerprint density at radius 2 is 2.20 bits per heavy atom. The first kappa shape index (κ1) is 11.5. The largest absolute Gasteiger partial charge is 0.492 e. The summed E-state index contributed by atoms with van der Waals surface area (Å²) in [7, 11) is 0. The highest BCUT2D eigenvalue weighted by atomic mass is 16.3. The molecule has 3 nitrogen and oxygen atoms in total. The van der Waals surface area contributed by atoms with Gasteiger partial charge in [0.15, 0.2) is 0 Å². The van der Waals surface area contributed by atoms with Gasteiger partial charge in [-0.2, -0.15) is 5.26 Å². The first-order chi connectivity index (χ1) is 7.19. The molecule has 15 heavy (non-hydrogen) atoms. The van der Waals surface area contributed by atoms with Gasteiger partial charge in [0.25, 0.3) is 0 Å². The van der Waals surface area contributed by atoms with Crippen LogP contribution < -0.4 is 0 Å². The zero-order valence-corrected chi connectivity index (χ0v) is 9.25. The van der Waals surface area contributed by atoms with Gasteiger partial charge in [0.05, 0.1) is 0 Å². The summed E-state index contributed by atoms with van der Waals surface area (Å²) >= 11 is 0. The summed E-state index contributed by atoms with van der Waals surface area (Å²) in [6, 6.07) is 3.68. The molecule has 0 aromatic carbocycles. The van der Waals surface area contributed by atoms with Gasteiger partial charge >= 0.3 is 0 Å². The quantitative estimate of drug-likeness (QED) is 0.767. The van der Waals surface area contributed by atoms with Crippen molar-refractivity contribution >= 4 is 0 Å². The van der Waals surface area contributed by atoms with E-state index in [-0.39, 0.29) is 11.4 Å². The molecule has 1 aromatic heterocycles. The predicted molar refractivity (Wildman–Crippen MR) is 58.6 cm³/mol. The van der Waals surface area contributed by atoms with Gasteiger partial charge in [-0.25, -0.2) is 4.98 Å². The van der Waals surface area contributed by atoms with E-state index in [4.69, 9.17) is 5.26 Å². The summed E-state index contributed by atoms with van der Waals surface area (Å²) in [6.07, 6.45) is 4.40. The zero-order chi connectivity index (χ0) is 11.3. The third-order valence-corrected chi connectivity index (χ3v) is 2.47. The van der Waals surface area contributed by atoms with Gasteiger partial charge < -0.3 is 5.11 Å². The van der Waals surface area contributed by atoms with Crippen LogP contribution in [0, 0.1) is 18.3 Å². The van der Waals surface area contributed by atoms with Gasteiger partial charge in [0, 0.05) is 5.69 Å². The Morgan fingerprint density at radius 1 is 1.47 bits per heavy atom. The number of rotatable bonds is 4. The average molecular weight is 204 g/mol. The van der Waals surface area contributed by atoms with Crippen molar-refractivity contribution in [1.82, 2.24) is 4.98 Å². The van der Waals surface area contributed by atoms with Crippen molar-refractivity contribution in [2.24, 2.45) is 0 Å². The molecule has 0 saturated heterocycles. The first-order valence-electron chi connectivity index (χ1n) is 5.28. The lowest BCUT2D eigenvalue weighted by atomic mass is 10.0. The van der Waals surface area contributed by atoms with Gasteiger partial charge in [-0.15, -0.1) is 0 Å². The van der Waals surface area contributed by atoms with Crippen LogP contribution in [0.3, 0.4) is 0 Å². The van der Waals surface area contributed by atoms with Crippen LogP contribution >= 0.6 is 0 Å². The average Bonchev–Trinajstić information content (AvgIpc) is 2.21. The number of pyridine rings is 1. The Balaban J connectivity index is 2.84. The Morgan fingerprint density at radius 3 is 2.80 bits per heavy atom. The van der Waals surface area contributed by atoms with Crippen LogP contribution in [0.4, 0.5) is 0 Å². The third-order valence-electron chi connectivity index (χ3n) is 2.47. The number of hydrogen-bond donors (Lipinski definition) is 1. The molecule has 1 aromatic rings. The molecule has 0 saturated carbocycles. The summed E-state index contributed by atoms with van der Waals surface area (Å²) in [6.45, 7) is 4.02. The van der Waals surface area contributed by atoms with Gasteiger partial charge in [0.2, 0.25) is 5.88 Å². The van der Waals surface area contributed by atoms with Crippen LogP contribution in [-0.2, 0) is 6.42 Å². The molecule has 0 atom stereocenters. The van der Waals surface area contributed by atoms with E-state index < -0.39 is 0 Å². The molecule has 0 amide bonds. The standard InChI is InChI=1S/C12H16N2O/c1-3-4-5-6-10-7-11(8-13)12(15)14-9(10)2/h7H,3-6H2,1-2H3,(H,14,15). The first-order valence-corrected chi connectivity index (χ1v) is 5.28. The topological polar surface area (TPSA) is 56.9 Å². The molecule has 1 N–H and O–H groups in total. The minimum absolute atomic E-state index is 0.158. The third kappa shape index (κ3) is 2.95. The van der Waals surface area contributed by atoms with Crippen LogP contribution in [0.5, 0.6) is 5.88 Å². The van der Waals surface area contributed by atoms with E-state index in [1.807, 2.05) is 13.0 Å². The number of unbranched alkanes of at least 4 members (excludes halogenated alkanes) is 2. The summed E-state index contributed by atoms with van der Waals surface area (Å²) in [5.74, 6) is -0.158. The smallest absolute Gasteiger partial charge is 0.229 e. The van der Waals surface area contributed by atoms with E-state index in [1.165, 1.54) is 12.8 Å². The molecule has 1 rings (SSSR count). The minimum Gasteiger partial charge on any atom is -0.492 e. The molecule has 0 fully saturated rings. The van der Waals surface area contributed by atoms with Crippen molar-refractivity contribution < 1.29 is 5.11 Å². The van der Waals surface area contributed by atoms with Gasteiger partial charge in [0.1, 0.15) is 11.6 Å². The molecule has 0 aliphatic heterocycles. The summed E-state index contributed by atoms with van der Waals surface area (Å²) in [4.78, 5) is 3.96. The SMILES string of the molecule is CCCCCc1cc(C#N)c(O)nc1C. The number of aromatic nitrogens is 1. The predicted octanol–water partition coefficient (Wildman–Crippen LogP) is 2.70. The van der Waals surface area contributed by atoms with Crippen molar-refractivity contribution in [3.05, 3.63) is 22.9 Å². The van der Waals surface area contributed by atoms with E-state index in [0.717, 1.165) is 24.1 Å². The van der Waals surface area contributed by atoms with Crippen molar-refractivity contribution in [3.8, 4) is 11.9 Å². The van der Waals surface area contributed by atoms with Crippen molar-refractivity contribution in [2.45, 2.75) is 39.5 Å². The molecule has 1 heterocycles. The highest BCUT2D eigenvalue weighted by Gasteiger charge is 2.07. The van der Waals surface area contributed by atoms with E-state index in [1.54, 1.807) is 6.07 Å². The minimum atomic E-state index is -0.158. The van der Waals surface area contributed by atoms with Crippen molar-refractivity contribution in [1.29, 1.82) is 5.26 Å². The summed E-state index contributed by atoms with van der Waals surface area (Å²) in [5, 5.41) is 18.1. The molecule has 80 valence electrons. The second kappa shape index (κ2) is 5.35. The maximum absolute atomic E-state index is 9.35. The van der Waals surface area contributed by atoms with Crippen molar-refractivity contribution in [3.63, 3.8) is 0 Å². The van der Waals surface area contributed by atoms with Crippen LogP contribution in [0.15, 0.2) is 6.07 Å². The second-order valence-corrected chi connectivity index (χ2v) is 3.67. The lowest BCUT2D eigenvalue weighted by Gasteiger charge is -2.06. The fraction of sp³-hybridized carbons (Fsp3) is 0.500. The second-order valence-electron chi connectivity index (χ2n) is 3.67. The fourth-order valence-electron chi connectivity index (χ4n) is 1.53. The molecule has 0 aliphatic carbocycles. The molecule has 0 radical (unpaired) electrons. The maximum atomic E-state index is 9.35. The highest BCUT2D eigenvalue weighted by molar-refractivity contribution is 5.41. The molecular weight excluding hydrogens is 188 g/mol. The number of aryl methyl sites for hydroxylation is 2. The van der Waals surface area contributed by atoms with Crippen LogP contribution in [0.1, 0.15) is 43.0 Å². The number of aromatic hydroxyl groups is 1. The van der Waals surface area contributed by atoms with Gasteiger partial charge in [-0.05, 0) is 31.4 Å². The van der Waals surface area contributed by atoms with E-state index in [0.29, 0.717) is 0 Å². The maximum Gasteiger partial charge on any atom is 0.229 e. The molecule has 0 unspecified atom stereocenters. The molecule has 0 bridgehead atoms. The normalized spacial score (nSPS) is 9.93. The lowest BCUT2D eigenvalue weighted by molar-refractivity contribution is 0.449. The van der Waals surface area contributed by atoms with Crippen molar-refractivity contribution in [2.75, 3.05) is 0 Å². The van der Waals surface area contributed by atoms with Crippen LogP contribution in [0.25, 0.3) is 0 Å².